The van der Waals surface area contributed by atoms with Gasteiger partial charge in [-0.2, -0.15) is 0 Å². The van der Waals surface area contributed by atoms with Gasteiger partial charge in [-0.05, 0) is 56.2 Å². The molecule has 1 fully saturated rings. The van der Waals surface area contributed by atoms with Gasteiger partial charge in [0.05, 0.1) is 11.4 Å². The fourth-order valence-electron chi connectivity index (χ4n) is 4.46. The Hall–Kier alpha value is -4.47. The number of aromatic carboxylic acids is 1. The highest BCUT2D eigenvalue weighted by Gasteiger charge is 2.30. The zero-order chi connectivity index (χ0) is 25.4. The zero-order valence-electron chi connectivity index (χ0n) is 19.4. The number of carbonyl (C=O) groups is 1. The Balaban J connectivity index is 1.59. The summed E-state index contributed by atoms with van der Waals surface area (Å²) >= 11 is 0. The number of ether oxygens (including phenoxy) is 1. The van der Waals surface area contributed by atoms with E-state index < -0.39 is 22.8 Å². The molecule has 3 aromatic heterocycles. The van der Waals surface area contributed by atoms with Gasteiger partial charge in [-0.3, -0.25) is 4.79 Å². The molecule has 0 radical (unpaired) electrons. The predicted molar refractivity (Wildman–Crippen MR) is 131 cm³/mol. The quantitative estimate of drug-likeness (QED) is 0.420. The smallest absolute Gasteiger partial charge is 0.341 e. The van der Waals surface area contributed by atoms with Gasteiger partial charge in [-0.15, -0.1) is 0 Å². The summed E-state index contributed by atoms with van der Waals surface area (Å²) in [6, 6.07) is 10.6. The zero-order valence-corrected chi connectivity index (χ0v) is 19.4. The Kier molecular flexibility index (Phi) is 6.01. The van der Waals surface area contributed by atoms with Gasteiger partial charge in [0, 0.05) is 30.2 Å². The Labute approximate surface area is 205 Å². The molecular weight excluding hydrogens is 467 g/mol. The second-order valence-electron chi connectivity index (χ2n) is 8.65. The number of benzene rings is 1. The first-order chi connectivity index (χ1) is 17.3. The molecule has 0 unspecified atom stereocenters. The topological polar surface area (TPSA) is 118 Å². The highest BCUT2D eigenvalue weighted by Crippen LogP contribution is 2.30. The highest BCUT2D eigenvalue weighted by atomic mass is 19.1. The van der Waals surface area contributed by atoms with Gasteiger partial charge < -0.3 is 24.4 Å². The molecule has 1 aliphatic heterocycles. The molecule has 4 heterocycles. The first kappa shape index (κ1) is 23.3. The molecular formula is C26H23FN4O5. The van der Waals surface area contributed by atoms with Gasteiger partial charge in [0.15, 0.2) is 17.3 Å². The first-order valence-electron chi connectivity index (χ1n) is 11.4. The monoisotopic (exact) mass is 490 g/mol. The molecule has 1 atom stereocenters. The minimum absolute atomic E-state index is 0.0188. The molecule has 36 heavy (non-hydrogen) atoms. The molecule has 0 bridgehead atoms. The van der Waals surface area contributed by atoms with Crippen LogP contribution in [0.15, 0.2) is 59.7 Å². The van der Waals surface area contributed by atoms with Gasteiger partial charge in [0.1, 0.15) is 17.9 Å². The van der Waals surface area contributed by atoms with Crippen LogP contribution in [-0.4, -0.2) is 49.9 Å². The van der Waals surface area contributed by atoms with Crippen molar-refractivity contribution in [2.24, 2.45) is 0 Å². The van der Waals surface area contributed by atoms with Crippen LogP contribution in [0.3, 0.4) is 0 Å². The van der Waals surface area contributed by atoms with Gasteiger partial charge in [-0.25, -0.2) is 19.2 Å². The number of aromatic nitrogens is 3. The molecule has 0 amide bonds. The highest BCUT2D eigenvalue weighted by molar-refractivity contribution is 5.92. The summed E-state index contributed by atoms with van der Waals surface area (Å²) in [6.07, 6.45) is 4.38. The van der Waals surface area contributed by atoms with Crippen molar-refractivity contribution in [1.82, 2.24) is 14.5 Å². The number of aromatic hydroxyl groups is 1. The van der Waals surface area contributed by atoms with Crippen molar-refractivity contribution >= 4 is 22.8 Å². The minimum Gasteiger partial charge on any atom is -0.508 e. The third-order valence-corrected chi connectivity index (χ3v) is 6.29. The molecule has 0 spiro atoms. The average Bonchev–Trinajstić information content (AvgIpc) is 3.32. The molecule has 5 rings (SSSR count). The lowest BCUT2D eigenvalue weighted by Crippen LogP contribution is -2.36. The van der Waals surface area contributed by atoms with Crippen molar-refractivity contribution in [3.05, 3.63) is 82.0 Å². The summed E-state index contributed by atoms with van der Waals surface area (Å²) in [6.45, 7) is 2.72. The maximum absolute atomic E-state index is 15.4. The molecule has 2 N–H and O–H groups in total. The number of aryl methyl sites for hydroxylation is 1. The number of nitrogens with zero attached hydrogens (tertiary/aromatic N) is 4. The summed E-state index contributed by atoms with van der Waals surface area (Å²) in [5, 5.41) is 19.1. The first-order valence-corrected chi connectivity index (χ1v) is 11.4. The standard InChI is InChI=1S/C26H23FN4O5/c1-15-4-2-10-28-25(15)36-14-17-5-3-11-30(17)24-21(27)12-19-22(33)20(26(34)35)13-31(23(19)29-24)16-6-8-18(32)9-7-16/h2,4,6-10,12-13,17,32H,3,5,11,14H2,1H3,(H,34,35)/t17-/m1/s1. The molecule has 0 saturated carbocycles. The van der Waals surface area contributed by atoms with Crippen LogP contribution in [-0.2, 0) is 0 Å². The normalized spacial score (nSPS) is 15.4. The maximum Gasteiger partial charge on any atom is 0.341 e. The van der Waals surface area contributed by atoms with E-state index in [1.54, 1.807) is 18.3 Å². The summed E-state index contributed by atoms with van der Waals surface area (Å²) < 4.78 is 22.7. The fraction of sp³-hybridized carbons (Fsp3) is 0.231. The molecule has 1 aliphatic rings. The van der Waals surface area contributed by atoms with Crippen LogP contribution in [0.25, 0.3) is 16.7 Å². The lowest BCUT2D eigenvalue weighted by atomic mass is 10.1. The molecule has 1 aromatic carbocycles. The molecule has 1 saturated heterocycles. The number of halogens is 1. The van der Waals surface area contributed by atoms with E-state index in [0.717, 1.165) is 24.5 Å². The number of phenolic OH excluding ortho intramolecular Hbond substituents is 1. The second-order valence-corrected chi connectivity index (χ2v) is 8.65. The molecule has 4 aromatic rings. The van der Waals surface area contributed by atoms with Crippen LogP contribution >= 0.6 is 0 Å². The third kappa shape index (κ3) is 4.21. The van der Waals surface area contributed by atoms with Crippen molar-refractivity contribution in [3.63, 3.8) is 0 Å². The van der Waals surface area contributed by atoms with Gasteiger partial charge >= 0.3 is 5.97 Å². The number of fused-ring (bicyclic) bond motifs is 1. The Morgan fingerprint density at radius 1 is 1.25 bits per heavy atom. The van der Waals surface area contributed by atoms with E-state index in [-0.39, 0.29) is 35.2 Å². The predicted octanol–water partition coefficient (Wildman–Crippen LogP) is 3.68. The number of anilines is 1. The van der Waals surface area contributed by atoms with Crippen LogP contribution in [0.1, 0.15) is 28.8 Å². The number of hydrogen-bond donors (Lipinski definition) is 2. The van der Waals surface area contributed by atoms with E-state index in [1.165, 1.54) is 22.9 Å². The van der Waals surface area contributed by atoms with E-state index >= 15 is 4.39 Å². The second kappa shape index (κ2) is 9.29. The number of rotatable bonds is 6. The van der Waals surface area contributed by atoms with Crippen molar-refractivity contribution in [1.29, 1.82) is 0 Å². The molecule has 0 aliphatic carbocycles. The van der Waals surface area contributed by atoms with Crippen LogP contribution < -0.4 is 15.1 Å². The SMILES string of the molecule is Cc1cccnc1OC[C@H]1CCCN1c1nc2c(cc1F)c(=O)c(C(=O)O)cn2-c1ccc(O)cc1. The van der Waals surface area contributed by atoms with Crippen molar-refractivity contribution in [3.8, 4) is 17.3 Å². The number of phenols is 1. The summed E-state index contributed by atoms with van der Waals surface area (Å²) in [4.78, 5) is 35.2. The van der Waals surface area contributed by atoms with Crippen molar-refractivity contribution in [2.75, 3.05) is 18.1 Å². The van der Waals surface area contributed by atoms with Crippen molar-refractivity contribution < 1.29 is 24.1 Å². The molecule has 9 nitrogen and oxygen atoms in total. The third-order valence-electron chi connectivity index (χ3n) is 6.29. The number of hydrogen-bond acceptors (Lipinski definition) is 7. The maximum atomic E-state index is 15.4. The minimum atomic E-state index is -1.43. The number of pyridine rings is 3. The van der Waals surface area contributed by atoms with E-state index in [4.69, 9.17) is 4.74 Å². The van der Waals surface area contributed by atoms with E-state index in [9.17, 15) is 19.8 Å². The van der Waals surface area contributed by atoms with E-state index in [2.05, 4.69) is 9.97 Å². The molecule has 10 heteroatoms. The Bertz CT molecular complexity index is 1520. The van der Waals surface area contributed by atoms with Crippen LogP contribution in [0, 0.1) is 12.7 Å². The Morgan fingerprint density at radius 2 is 2.03 bits per heavy atom. The van der Waals surface area contributed by atoms with E-state index in [0.29, 0.717) is 18.1 Å². The number of carboxylic acid groups (broad SMARTS) is 1. The fourth-order valence-corrected chi connectivity index (χ4v) is 4.46. The van der Waals surface area contributed by atoms with Crippen molar-refractivity contribution in [2.45, 2.75) is 25.8 Å². The van der Waals surface area contributed by atoms with Crippen LogP contribution in [0.5, 0.6) is 11.6 Å². The summed E-state index contributed by atoms with van der Waals surface area (Å²) in [7, 11) is 0. The van der Waals surface area contributed by atoms with Gasteiger partial charge in [-0.1, -0.05) is 6.07 Å². The summed E-state index contributed by atoms with van der Waals surface area (Å²) in [5.74, 6) is -1.56. The number of carboxylic acids is 1. The molecule has 184 valence electrons. The lowest BCUT2D eigenvalue weighted by molar-refractivity contribution is 0.0695. The largest absolute Gasteiger partial charge is 0.508 e. The van der Waals surface area contributed by atoms with Gasteiger partial charge in [0.2, 0.25) is 11.3 Å². The van der Waals surface area contributed by atoms with Crippen LogP contribution in [0.4, 0.5) is 10.2 Å². The average molecular weight is 490 g/mol. The van der Waals surface area contributed by atoms with Gasteiger partial charge in [0.25, 0.3) is 0 Å². The van der Waals surface area contributed by atoms with Crippen LogP contribution in [0.2, 0.25) is 0 Å². The lowest BCUT2D eigenvalue weighted by Gasteiger charge is -2.26. The Morgan fingerprint density at radius 3 is 2.75 bits per heavy atom. The summed E-state index contributed by atoms with van der Waals surface area (Å²) in [5.41, 5.74) is 0.126. The van der Waals surface area contributed by atoms with E-state index in [1.807, 2.05) is 24.0 Å².